The van der Waals surface area contributed by atoms with Crippen LogP contribution >= 0.6 is 0 Å². The molecule has 0 saturated heterocycles. The third-order valence-electron chi connectivity index (χ3n) is 2.90. The van der Waals surface area contributed by atoms with Gasteiger partial charge in [0.1, 0.15) is 0 Å². The highest BCUT2D eigenvalue weighted by atomic mass is 16.5. The molecule has 1 aromatic rings. The Kier molecular flexibility index (Phi) is 6.18. The third kappa shape index (κ3) is 5.01. The topological polar surface area (TPSA) is 58.6 Å². The van der Waals surface area contributed by atoms with Crippen molar-refractivity contribution in [3.8, 4) is 0 Å². The van der Waals surface area contributed by atoms with Crippen LogP contribution in [-0.2, 0) is 14.3 Å². The summed E-state index contributed by atoms with van der Waals surface area (Å²) in [4.78, 5) is 24.7. The van der Waals surface area contributed by atoms with Crippen molar-refractivity contribution in [3.05, 3.63) is 29.8 Å². The highest BCUT2D eigenvalue weighted by Crippen LogP contribution is 2.23. The summed E-state index contributed by atoms with van der Waals surface area (Å²) in [6.45, 7) is 4.39. The van der Waals surface area contributed by atoms with E-state index in [0.717, 1.165) is 11.3 Å². The molecular formula is C15H22N2O3. The fraction of sp³-hybridized carbons (Fsp3) is 0.467. The molecule has 0 aliphatic carbocycles. The third-order valence-corrected chi connectivity index (χ3v) is 2.90. The van der Waals surface area contributed by atoms with Crippen molar-refractivity contribution in [1.82, 2.24) is 4.90 Å². The van der Waals surface area contributed by atoms with Gasteiger partial charge in [0.05, 0.1) is 20.2 Å². The molecule has 0 unspecified atom stereocenters. The first-order valence-corrected chi connectivity index (χ1v) is 6.58. The fourth-order valence-electron chi connectivity index (χ4n) is 1.89. The van der Waals surface area contributed by atoms with Gasteiger partial charge in [-0.05, 0) is 24.6 Å². The van der Waals surface area contributed by atoms with E-state index in [4.69, 9.17) is 0 Å². The molecule has 20 heavy (non-hydrogen) atoms. The quantitative estimate of drug-likeness (QED) is 0.807. The Morgan fingerprint density at radius 3 is 2.50 bits per heavy atom. The van der Waals surface area contributed by atoms with Crippen LogP contribution in [0.15, 0.2) is 24.3 Å². The summed E-state index contributed by atoms with van der Waals surface area (Å²) in [5, 5.41) is 2.88. The number of nitrogens with zero attached hydrogens (tertiary/aromatic N) is 1. The smallest absolute Gasteiger partial charge is 0.319 e. The van der Waals surface area contributed by atoms with Crippen LogP contribution in [0.2, 0.25) is 0 Å². The lowest BCUT2D eigenvalue weighted by Gasteiger charge is -2.17. The van der Waals surface area contributed by atoms with Gasteiger partial charge in [0.15, 0.2) is 0 Å². The van der Waals surface area contributed by atoms with Crippen molar-refractivity contribution < 1.29 is 14.3 Å². The van der Waals surface area contributed by atoms with E-state index in [1.807, 2.05) is 24.3 Å². The van der Waals surface area contributed by atoms with Crippen molar-refractivity contribution in [2.45, 2.75) is 19.8 Å². The van der Waals surface area contributed by atoms with Crippen LogP contribution < -0.4 is 5.32 Å². The van der Waals surface area contributed by atoms with Crippen LogP contribution in [0.3, 0.4) is 0 Å². The minimum absolute atomic E-state index is 0.0930. The molecule has 1 N–H and O–H groups in total. The number of likely N-dealkylation sites (N-methyl/N-ethyl adjacent to an activating group) is 1. The monoisotopic (exact) mass is 278 g/mol. The van der Waals surface area contributed by atoms with Gasteiger partial charge in [0, 0.05) is 5.69 Å². The lowest BCUT2D eigenvalue weighted by molar-refractivity contribution is -0.141. The minimum Gasteiger partial charge on any atom is -0.468 e. The predicted octanol–water partition coefficient (Wildman–Crippen LogP) is 1.85. The SMILES string of the molecule is COC(=O)CN(C)CC(=O)Nc1ccccc1C(C)C. The second-order valence-electron chi connectivity index (χ2n) is 5.04. The Morgan fingerprint density at radius 1 is 1.25 bits per heavy atom. The average Bonchev–Trinajstić information content (AvgIpc) is 2.38. The second-order valence-corrected chi connectivity index (χ2v) is 5.04. The summed E-state index contributed by atoms with van der Waals surface area (Å²) in [7, 11) is 3.03. The van der Waals surface area contributed by atoms with Gasteiger partial charge < -0.3 is 10.1 Å². The van der Waals surface area contributed by atoms with E-state index in [1.165, 1.54) is 7.11 Å². The molecule has 0 heterocycles. The van der Waals surface area contributed by atoms with Crippen molar-refractivity contribution in [2.75, 3.05) is 32.6 Å². The summed E-state index contributed by atoms with van der Waals surface area (Å²) in [5.74, 6) is -0.174. The van der Waals surface area contributed by atoms with Crippen molar-refractivity contribution >= 4 is 17.6 Å². The predicted molar refractivity (Wildman–Crippen MR) is 78.7 cm³/mol. The Bertz CT molecular complexity index is 472. The van der Waals surface area contributed by atoms with Gasteiger partial charge in [0.2, 0.25) is 5.91 Å². The van der Waals surface area contributed by atoms with Crippen LogP contribution in [0, 0.1) is 0 Å². The maximum atomic E-state index is 12.0. The van der Waals surface area contributed by atoms with Gasteiger partial charge in [-0.2, -0.15) is 0 Å². The number of carbonyl (C=O) groups is 2. The summed E-state index contributed by atoms with van der Waals surface area (Å²) >= 11 is 0. The first kappa shape index (κ1) is 16.2. The van der Waals surface area contributed by atoms with Crippen LogP contribution in [0.25, 0.3) is 0 Å². The molecule has 0 aliphatic rings. The lowest BCUT2D eigenvalue weighted by atomic mass is 10.0. The number of esters is 1. The summed E-state index contributed by atoms with van der Waals surface area (Å²) in [6, 6.07) is 7.72. The first-order valence-electron chi connectivity index (χ1n) is 6.58. The maximum Gasteiger partial charge on any atom is 0.319 e. The van der Waals surface area contributed by atoms with E-state index in [9.17, 15) is 9.59 Å². The highest BCUT2D eigenvalue weighted by molar-refractivity contribution is 5.93. The number of hydrogen-bond acceptors (Lipinski definition) is 4. The molecule has 0 bridgehead atoms. The van der Waals surface area contributed by atoms with E-state index in [2.05, 4.69) is 23.9 Å². The van der Waals surface area contributed by atoms with Crippen LogP contribution in [-0.4, -0.2) is 44.0 Å². The van der Waals surface area contributed by atoms with Crippen LogP contribution in [0.4, 0.5) is 5.69 Å². The number of para-hydroxylation sites is 1. The van der Waals surface area contributed by atoms with E-state index < -0.39 is 0 Å². The standard InChI is InChI=1S/C15H22N2O3/c1-11(2)12-7-5-6-8-13(12)16-14(18)9-17(3)10-15(19)20-4/h5-8,11H,9-10H2,1-4H3,(H,16,18). The van der Waals surface area contributed by atoms with Gasteiger partial charge in [-0.3, -0.25) is 14.5 Å². The van der Waals surface area contributed by atoms with E-state index in [1.54, 1.807) is 11.9 Å². The van der Waals surface area contributed by atoms with Crippen LogP contribution in [0.5, 0.6) is 0 Å². The molecule has 0 radical (unpaired) electrons. The van der Waals surface area contributed by atoms with E-state index in [0.29, 0.717) is 5.92 Å². The summed E-state index contributed by atoms with van der Waals surface area (Å²) < 4.78 is 4.56. The number of carbonyl (C=O) groups excluding carboxylic acids is 2. The Labute approximate surface area is 119 Å². The molecule has 110 valence electrons. The van der Waals surface area contributed by atoms with Gasteiger partial charge >= 0.3 is 5.97 Å². The zero-order valence-corrected chi connectivity index (χ0v) is 12.5. The van der Waals surface area contributed by atoms with Crippen LogP contribution in [0.1, 0.15) is 25.3 Å². The Balaban J connectivity index is 2.61. The van der Waals surface area contributed by atoms with Crippen molar-refractivity contribution in [3.63, 3.8) is 0 Å². The van der Waals surface area contributed by atoms with Gasteiger partial charge in [-0.25, -0.2) is 0 Å². The number of rotatable bonds is 6. The largest absolute Gasteiger partial charge is 0.468 e. The number of hydrogen-bond donors (Lipinski definition) is 1. The number of ether oxygens (including phenoxy) is 1. The maximum absolute atomic E-state index is 12.0. The fourth-order valence-corrected chi connectivity index (χ4v) is 1.89. The minimum atomic E-state index is -0.358. The average molecular weight is 278 g/mol. The molecule has 0 fully saturated rings. The van der Waals surface area contributed by atoms with Gasteiger partial charge in [0.25, 0.3) is 0 Å². The highest BCUT2D eigenvalue weighted by Gasteiger charge is 2.13. The zero-order valence-electron chi connectivity index (χ0n) is 12.5. The second kappa shape index (κ2) is 7.65. The van der Waals surface area contributed by atoms with E-state index in [-0.39, 0.29) is 25.0 Å². The molecule has 1 aromatic carbocycles. The molecule has 0 aliphatic heterocycles. The Hall–Kier alpha value is -1.88. The van der Waals surface area contributed by atoms with E-state index >= 15 is 0 Å². The molecule has 0 spiro atoms. The molecule has 0 saturated carbocycles. The van der Waals surface area contributed by atoms with Crippen molar-refractivity contribution in [1.29, 1.82) is 0 Å². The molecule has 0 aromatic heterocycles. The summed E-state index contributed by atoms with van der Waals surface area (Å²) in [5.41, 5.74) is 1.91. The number of methoxy groups -OCH3 is 1. The summed E-state index contributed by atoms with van der Waals surface area (Å²) in [6.07, 6.45) is 0. The normalized spacial score (nSPS) is 10.7. The number of nitrogens with one attached hydrogen (secondary N) is 1. The Morgan fingerprint density at radius 2 is 1.90 bits per heavy atom. The van der Waals surface area contributed by atoms with Crippen molar-refractivity contribution in [2.24, 2.45) is 0 Å². The molecule has 5 heteroatoms. The van der Waals surface area contributed by atoms with Gasteiger partial charge in [-0.1, -0.05) is 32.0 Å². The zero-order chi connectivity index (χ0) is 15.1. The molecule has 5 nitrogen and oxygen atoms in total. The van der Waals surface area contributed by atoms with Gasteiger partial charge in [-0.15, -0.1) is 0 Å². The molecule has 0 atom stereocenters. The number of anilines is 1. The molecule has 1 amide bonds. The first-order chi connectivity index (χ1) is 9.43. The number of benzene rings is 1. The molecular weight excluding hydrogens is 256 g/mol. The number of amides is 1. The molecule has 1 rings (SSSR count). The lowest BCUT2D eigenvalue weighted by Crippen LogP contribution is -2.34.